The van der Waals surface area contributed by atoms with Crippen molar-refractivity contribution in [2.24, 2.45) is 0 Å². The minimum atomic E-state index is -5.08. The van der Waals surface area contributed by atoms with E-state index in [1.54, 1.807) is 7.05 Å². The van der Waals surface area contributed by atoms with Gasteiger partial charge in [0.15, 0.2) is 0 Å². The average molecular weight is 435 g/mol. The van der Waals surface area contributed by atoms with Crippen LogP contribution in [0.2, 0.25) is 0 Å². The minimum Gasteiger partial charge on any atom is -0.475 e. The SMILES string of the molecule is CNC(=O)C1COC2(CN(C(=O)CC3=CCCCC3)C2)CN1C.O=C(O)C(F)(F)F. The molecule has 2 amide bonds. The molecule has 0 aromatic heterocycles. The predicted octanol–water partition coefficient (Wildman–Crippen LogP) is 1.17. The quantitative estimate of drug-likeness (QED) is 0.646. The van der Waals surface area contributed by atoms with Gasteiger partial charge in [0.1, 0.15) is 11.6 Å². The third-order valence-corrected chi connectivity index (χ3v) is 5.48. The third-order valence-electron chi connectivity index (χ3n) is 5.48. The Morgan fingerprint density at radius 3 is 2.37 bits per heavy atom. The van der Waals surface area contributed by atoms with E-state index in [9.17, 15) is 22.8 Å². The van der Waals surface area contributed by atoms with Crippen molar-refractivity contribution in [1.82, 2.24) is 15.1 Å². The van der Waals surface area contributed by atoms with Crippen LogP contribution >= 0.6 is 0 Å². The van der Waals surface area contributed by atoms with Gasteiger partial charge in [-0.3, -0.25) is 14.5 Å². The second-order valence-electron chi connectivity index (χ2n) is 7.88. The largest absolute Gasteiger partial charge is 0.490 e. The Hall–Kier alpha value is -2.14. The van der Waals surface area contributed by atoms with E-state index >= 15 is 0 Å². The summed E-state index contributed by atoms with van der Waals surface area (Å²) in [6.45, 7) is 2.37. The number of likely N-dealkylation sites (N-methyl/N-ethyl adjacent to an activating group) is 2. The van der Waals surface area contributed by atoms with Crippen LogP contribution in [0.3, 0.4) is 0 Å². The number of allylic oxidation sites excluding steroid dienone is 1. The number of ether oxygens (including phenoxy) is 1. The number of aliphatic carboxylic acids is 1. The zero-order valence-corrected chi connectivity index (χ0v) is 17.1. The van der Waals surface area contributed by atoms with Crippen molar-refractivity contribution in [3.8, 4) is 0 Å². The van der Waals surface area contributed by atoms with Gasteiger partial charge in [-0.2, -0.15) is 13.2 Å². The van der Waals surface area contributed by atoms with Crippen LogP contribution in [0.15, 0.2) is 11.6 Å². The molecule has 170 valence electrons. The molecule has 3 aliphatic rings. The highest BCUT2D eigenvalue weighted by Crippen LogP contribution is 2.32. The van der Waals surface area contributed by atoms with Crippen LogP contribution in [0.25, 0.3) is 0 Å². The summed E-state index contributed by atoms with van der Waals surface area (Å²) in [5.41, 5.74) is 1.01. The minimum absolute atomic E-state index is 0.0150. The molecule has 0 radical (unpaired) electrons. The second-order valence-corrected chi connectivity index (χ2v) is 7.88. The number of amides is 2. The van der Waals surface area contributed by atoms with Crippen LogP contribution in [0.5, 0.6) is 0 Å². The van der Waals surface area contributed by atoms with E-state index in [2.05, 4.69) is 11.4 Å². The molecule has 8 nitrogen and oxygen atoms in total. The highest BCUT2D eigenvalue weighted by Gasteiger charge is 2.51. The number of carbonyl (C=O) groups excluding carboxylic acids is 2. The van der Waals surface area contributed by atoms with Gasteiger partial charge in [0.05, 0.1) is 19.7 Å². The van der Waals surface area contributed by atoms with E-state index in [0.29, 0.717) is 32.7 Å². The smallest absolute Gasteiger partial charge is 0.475 e. The highest BCUT2D eigenvalue weighted by molar-refractivity contribution is 5.82. The molecule has 2 aliphatic heterocycles. The molecular formula is C19H28F3N3O5. The van der Waals surface area contributed by atoms with Gasteiger partial charge in [-0.1, -0.05) is 11.6 Å². The van der Waals surface area contributed by atoms with Crippen LogP contribution in [-0.2, 0) is 19.1 Å². The standard InChI is InChI=1S/C17H27N3O3.C2HF3O2/c1-18-16(22)14-9-23-17(10-19(14)2)11-20(12-17)15(21)8-13-6-4-3-5-7-13;3-2(4,5)1(6)7/h6,14H,3-5,7-12H2,1-2H3,(H,18,22);(H,6,7). The average Bonchev–Trinajstić information content (AvgIpc) is 2.65. The van der Waals surface area contributed by atoms with Crippen molar-refractivity contribution in [3.63, 3.8) is 0 Å². The summed E-state index contributed by atoms with van der Waals surface area (Å²) >= 11 is 0. The van der Waals surface area contributed by atoms with Gasteiger partial charge < -0.3 is 20.1 Å². The number of likely N-dealkylation sites (tertiary alicyclic amines) is 1. The van der Waals surface area contributed by atoms with E-state index in [1.165, 1.54) is 18.4 Å². The number of nitrogens with one attached hydrogen (secondary N) is 1. The van der Waals surface area contributed by atoms with Crippen molar-refractivity contribution >= 4 is 17.8 Å². The van der Waals surface area contributed by atoms with Crippen molar-refractivity contribution in [3.05, 3.63) is 11.6 Å². The highest BCUT2D eigenvalue weighted by atomic mass is 19.4. The molecule has 0 aromatic carbocycles. The summed E-state index contributed by atoms with van der Waals surface area (Å²) in [6.07, 6.45) is 2.34. The van der Waals surface area contributed by atoms with Crippen LogP contribution < -0.4 is 5.32 Å². The lowest BCUT2D eigenvalue weighted by molar-refractivity contribution is -0.200. The lowest BCUT2D eigenvalue weighted by atomic mass is 9.89. The molecule has 2 heterocycles. The summed E-state index contributed by atoms with van der Waals surface area (Å²) in [4.78, 5) is 37.0. The van der Waals surface area contributed by atoms with Crippen LogP contribution in [0, 0.1) is 0 Å². The summed E-state index contributed by atoms with van der Waals surface area (Å²) in [6, 6.07) is -0.234. The monoisotopic (exact) mass is 435 g/mol. The molecule has 1 atom stereocenters. The predicted molar refractivity (Wildman–Crippen MR) is 101 cm³/mol. The number of carboxylic acid groups (broad SMARTS) is 1. The lowest BCUT2D eigenvalue weighted by Crippen LogP contribution is -2.73. The van der Waals surface area contributed by atoms with Crippen LogP contribution in [0.1, 0.15) is 32.1 Å². The Balaban J connectivity index is 0.000000396. The Morgan fingerprint density at radius 2 is 1.90 bits per heavy atom. The first kappa shape index (κ1) is 24.1. The van der Waals surface area contributed by atoms with Gasteiger partial charge in [0.2, 0.25) is 11.8 Å². The molecule has 1 spiro atoms. The maximum Gasteiger partial charge on any atom is 0.490 e. The van der Waals surface area contributed by atoms with E-state index in [4.69, 9.17) is 14.6 Å². The molecule has 0 aromatic rings. The van der Waals surface area contributed by atoms with Crippen molar-refractivity contribution in [2.75, 3.05) is 40.3 Å². The number of hydrogen-bond donors (Lipinski definition) is 2. The second kappa shape index (κ2) is 9.78. The molecule has 2 saturated heterocycles. The lowest BCUT2D eigenvalue weighted by Gasteiger charge is -2.54. The Labute approximate surface area is 173 Å². The summed E-state index contributed by atoms with van der Waals surface area (Å²) in [7, 11) is 3.59. The fraction of sp³-hybridized carbons (Fsp3) is 0.737. The van der Waals surface area contributed by atoms with Gasteiger partial charge >= 0.3 is 12.1 Å². The fourth-order valence-corrected chi connectivity index (χ4v) is 3.82. The topological polar surface area (TPSA) is 99.2 Å². The maximum atomic E-state index is 12.4. The first-order valence-electron chi connectivity index (χ1n) is 9.79. The number of carboxylic acids is 1. The molecular weight excluding hydrogens is 407 g/mol. The molecule has 11 heteroatoms. The first-order valence-corrected chi connectivity index (χ1v) is 9.79. The van der Waals surface area contributed by atoms with Crippen LogP contribution in [0.4, 0.5) is 13.2 Å². The Bertz CT molecular complexity index is 689. The van der Waals surface area contributed by atoms with Crippen LogP contribution in [-0.4, -0.2) is 90.8 Å². The molecule has 0 saturated carbocycles. The van der Waals surface area contributed by atoms with Crippen molar-refractivity contribution in [2.45, 2.75) is 49.9 Å². The third kappa shape index (κ3) is 6.18. The van der Waals surface area contributed by atoms with E-state index < -0.39 is 12.1 Å². The zero-order valence-electron chi connectivity index (χ0n) is 17.1. The normalized spacial score (nSPS) is 23.6. The molecule has 1 aliphatic carbocycles. The fourth-order valence-electron chi connectivity index (χ4n) is 3.82. The summed E-state index contributed by atoms with van der Waals surface area (Å²) < 4.78 is 37.7. The number of carbonyl (C=O) groups is 3. The molecule has 2 N–H and O–H groups in total. The van der Waals surface area contributed by atoms with E-state index in [1.807, 2.05) is 16.8 Å². The maximum absolute atomic E-state index is 12.4. The van der Waals surface area contributed by atoms with Gasteiger partial charge in [-0.15, -0.1) is 0 Å². The molecule has 2 fully saturated rings. The molecule has 3 rings (SSSR count). The molecule has 30 heavy (non-hydrogen) atoms. The summed E-state index contributed by atoms with van der Waals surface area (Å²) in [5, 5.41) is 9.79. The number of nitrogens with zero attached hydrogens (tertiary/aromatic N) is 2. The number of rotatable bonds is 3. The molecule has 1 unspecified atom stereocenters. The van der Waals surface area contributed by atoms with E-state index in [0.717, 1.165) is 12.8 Å². The molecule has 0 bridgehead atoms. The van der Waals surface area contributed by atoms with Crippen molar-refractivity contribution in [1.29, 1.82) is 0 Å². The van der Waals surface area contributed by atoms with Gasteiger partial charge in [0, 0.05) is 20.0 Å². The number of halogens is 3. The van der Waals surface area contributed by atoms with Gasteiger partial charge in [0.25, 0.3) is 0 Å². The number of hydrogen-bond acceptors (Lipinski definition) is 5. The Kier molecular flexibility index (Phi) is 7.87. The number of morpholine rings is 1. The van der Waals surface area contributed by atoms with E-state index in [-0.39, 0.29) is 23.5 Å². The van der Waals surface area contributed by atoms with Crippen molar-refractivity contribution < 1.29 is 37.4 Å². The van der Waals surface area contributed by atoms with Gasteiger partial charge in [-0.05, 0) is 32.7 Å². The summed E-state index contributed by atoms with van der Waals surface area (Å²) in [5.74, 6) is -2.56. The number of alkyl halides is 3. The Morgan fingerprint density at radius 1 is 1.27 bits per heavy atom. The van der Waals surface area contributed by atoms with Gasteiger partial charge in [-0.25, -0.2) is 4.79 Å². The first-order chi connectivity index (χ1) is 14.0. The zero-order chi connectivity index (χ0) is 22.5.